The lowest BCUT2D eigenvalue weighted by Crippen LogP contribution is -2.14. The van der Waals surface area contributed by atoms with Crippen molar-refractivity contribution in [1.29, 1.82) is 0 Å². The molecule has 4 rings (SSSR count). The Morgan fingerprint density at radius 1 is 0.690 bits per heavy atom. The molecule has 0 bridgehead atoms. The van der Waals surface area contributed by atoms with E-state index in [4.69, 9.17) is 9.47 Å². The number of rotatable bonds is 4. The molecule has 0 aliphatic carbocycles. The summed E-state index contributed by atoms with van der Waals surface area (Å²) in [4.78, 5) is 24.9. The predicted octanol–water partition coefficient (Wildman–Crippen LogP) is 4.54. The average Bonchev–Trinajstić information content (AvgIpc) is 3.18. The highest BCUT2D eigenvalue weighted by Gasteiger charge is 2.15. The van der Waals surface area contributed by atoms with Gasteiger partial charge in [-0.2, -0.15) is 0 Å². The lowest BCUT2D eigenvalue weighted by molar-refractivity contribution is 0.101. The summed E-state index contributed by atoms with van der Waals surface area (Å²) in [5.41, 5.74) is 4.55. The van der Waals surface area contributed by atoms with Gasteiger partial charge in [-0.15, -0.1) is 0 Å². The molecular weight excluding hydrogens is 368 g/mol. The van der Waals surface area contributed by atoms with Gasteiger partial charge in [0.05, 0.1) is 0 Å². The first-order chi connectivity index (χ1) is 14.0. The number of ether oxygens (including phenoxy) is 2. The van der Waals surface area contributed by atoms with E-state index in [2.05, 4.69) is 10.6 Å². The molecule has 0 spiro atoms. The summed E-state index contributed by atoms with van der Waals surface area (Å²) >= 11 is 0. The van der Waals surface area contributed by atoms with E-state index in [0.29, 0.717) is 28.3 Å². The molecule has 3 aromatic rings. The molecule has 0 atom stereocenters. The molecule has 146 valence electrons. The third-order valence-corrected chi connectivity index (χ3v) is 4.80. The van der Waals surface area contributed by atoms with E-state index in [1.54, 1.807) is 42.5 Å². The zero-order chi connectivity index (χ0) is 20.4. The van der Waals surface area contributed by atoms with Gasteiger partial charge in [0.25, 0.3) is 11.8 Å². The average molecular weight is 388 g/mol. The standard InChI is InChI=1S/C23H20N2O4/c1-14-3-8-18(11-15(14)2)24-22(26)16-4-6-17(7-5-16)23(27)25-19-9-10-20-21(12-19)29-13-28-20/h3-12H,13H2,1-2H3,(H,24,26)(H,25,27). The molecule has 0 saturated heterocycles. The van der Waals surface area contributed by atoms with Crippen LogP contribution in [0.25, 0.3) is 0 Å². The van der Waals surface area contributed by atoms with Crippen molar-refractivity contribution in [3.63, 3.8) is 0 Å². The van der Waals surface area contributed by atoms with E-state index >= 15 is 0 Å². The van der Waals surface area contributed by atoms with Crippen LogP contribution in [-0.2, 0) is 0 Å². The van der Waals surface area contributed by atoms with E-state index in [9.17, 15) is 9.59 Å². The second-order valence-electron chi connectivity index (χ2n) is 6.85. The predicted molar refractivity (Wildman–Crippen MR) is 111 cm³/mol. The van der Waals surface area contributed by atoms with Gasteiger partial charge >= 0.3 is 0 Å². The highest BCUT2D eigenvalue weighted by atomic mass is 16.7. The van der Waals surface area contributed by atoms with Gasteiger partial charge in [0.1, 0.15) is 0 Å². The Labute approximate surface area is 168 Å². The number of nitrogens with one attached hydrogen (secondary N) is 2. The third kappa shape index (κ3) is 4.06. The van der Waals surface area contributed by atoms with Crippen LogP contribution in [0, 0.1) is 13.8 Å². The highest BCUT2D eigenvalue weighted by molar-refractivity contribution is 6.07. The van der Waals surface area contributed by atoms with Gasteiger partial charge in [-0.3, -0.25) is 9.59 Å². The van der Waals surface area contributed by atoms with Crippen molar-refractivity contribution in [1.82, 2.24) is 0 Å². The Kier molecular flexibility index (Phi) is 4.91. The minimum atomic E-state index is -0.273. The molecule has 0 unspecified atom stereocenters. The van der Waals surface area contributed by atoms with Crippen LogP contribution in [0.4, 0.5) is 11.4 Å². The largest absolute Gasteiger partial charge is 0.454 e. The molecule has 0 fully saturated rings. The van der Waals surface area contributed by atoms with Crippen molar-refractivity contribution in [2.75, 3.05) is 17.4 Å². The summed E-state index contributed by atoms with van der Waals surface area (Å²) in [7, 11) is 0. The molecule has 0 radical (unpaired) electrons. The minimum Gasteiger partial charge on any atom is -0.454 e. The van der Waals surface area contributed by atoms with Gasteiger partial charge in [0.15, 0.2) is 11.5 Å². The number of benzene rings is 3. The van der Waals surface area contributed by atoms with Gasteiger partial charge in [-0.1, -0.05) is 6.07 Å². The first kappa shape index (κ1) is 18.6. The Morgan fingerprint density at radius 3 is 1.86 bits per heavy atom. The molecule has 0 saturated carbocycles. The molecule has 1 aliphatic rings. The van der Waals surface area contributed by atoms with Gasteiger partial charge in [-0.25, -0.2) is 0 Å². The molecular formula is C23H20N2O4. The van der Waals surface area contributed by atoms with E-state index < -0.39 is 0 Å². The third-order valence-electron chi connectivity index (χ3n) is 4.80. The zero-order valence-electron chi connectivity index (χ0n) is 16.1. The summed E-state index contributed by atoms with van der Waals surface area (Å²) in [6.45, 7) is 4.20. The van der Waals surface area contributed by atoms with Crippen LogP contribution >= 0.6 is 0 Å². The van der Waals surface area contributed by atoms with Crippen LogP contribution in [0.2, 0.25) is 0 Å². The minimum absolute atomic E-state index is 0.179. The van der Waals surface area contributed by atoms with Crippen molar-refractivity contribution < 1.29 is 19.1 Å². The summed E-state index contributed by atoms with van der Waals surface area (Å²) in [5, 5.41) is 5.69. The van der Waals surface area contributed by atoms with Crippen LogP contribution < -0.4 is 20.1 Å². The second kappa shape index (κ2) is 7.67. The SMILES string of the molecule is Cc1ccc(NC(=O)c2ccc(C(=O)Nc3ccc4c(c3)OCO4)cc2)cc1C. The fraction of sp³-hybridized carbons (Fsp3) is 0.130. The molecule has 6 heteroatoms. The molecule has 6 nitrogen and oxygen atoms in total. The Morgan fingerprint density at radius 2 is 1.24 bits per heavy atom. The molecule has 1 aliphatic heterocycles. The quantitative estimate of drug-likeness (QED) is 0.688. The Hall–Kier alpha value is -3.80. The Balaban J connectivity index is 1.42. The van der Waals surface area contributed by atoms with Crippen molar-refractivity contribution >= 4 is 23.2 Å². The van der Waals surface area contributed by atoms with Crippen LogP contribution in [0.5, 0.6) is 11.5 Å². The fourth-order valence-electron chi connectivity index (χ4n) is 2.97. The number of carbonyl (C=O) groups excluding carboxylic acids is 2. The van der Waals surface area contributed by atoms with Crippen LogP contribution in [-0.4, -0.2) is 18.6 Å². The van der Waals surface area contributed by atoms with Gasteiger partial charge < -0.3 is 20.1 Å². The fourth-order valence-corrected chi connectivity index (χ4v) is 2.97. The number of fused-ring (bicyclic) bond motifs is 1. The molecule has 0 aromatic heterocycles. The van der Waals surface area contributed by atoms with Gasteiger partial charge in [-0.05, 0) is 73.5 Å². The zero-order valence-corrected chi connectivity index (χ0v) is 16.1. The summed E-state index contributed by atoms with van der Waals surface area (Å²) < 4.78 is 10.6. The maximum atomic E-state index is 12.5. The maximum absolute atomic E-state index is 12.5. The van der Waals surface area contributed by atoms with Gasteiger partial charge in [0, 0.05) is 28.6 Å². The first-order valence-electron chi connectivity index (χ1n) is 9.19. The van der Waals surface area contributed by atoms with Crippen LogP contribution in [0.1, 0.15) is 31.8 Å². The molecule has 1 heterocycles. The molecule has 2 amide bonds. The molecule has 29 heavy (non-hydrogen) atoms. The number of carbonyl (C=O) groups is 2. The molecule has 2 N–H and O–H groups in total. The number of amides is 2. The number of anilines is 2. The lowest BCUT2D eigenvalue weighted by Gasteiger charge is -2.09. The smallest absolute Gasteiger partial charge is 0.255 e. The monoisotopic (exact) mass is 388 g/mol. The number of aryl methyl sites for hydroxylation is 2. The summed E-state index contributed by atoms with van der Waals surface area (Å²) in [6, 6.07) is 17.5. The summed E-state index contributed by atoms with van der Waals surface area (Å²) in [6.07, 6.45) is 0. The molecule has 3 aromatic carbocycles. The van der Waals surface area contributed by atoms with Crippen LogP contribution in [0.15, 0.2) is 60.7 Å². The van der Waals surface area contributed by atoms with E-state index in [-0.39, 0.29) is 18.6 Å². The lowest BCUT2D eigenvalue weighted by atomic mass is 10.1. The highest BCUT2D eigenvalue weighted by Crippen LogP contribution is 2.34. The van der Waals surface area contributed by atoms with E-state index in [0.717, 1.165) is 11.3 Å². The van der Waals surface area contributed by atoms with Crippen molar-refractivity contribution in [2.45, 2.75) is 13.8 Å². The van der Waals surface area contributed by atoms with Crippen molar-refractivity contribution in [3.05, 3.63) is 82.9 Å². The van der Waals surface area contributed by atoms with E-state index in [1.807, 2.05) is 32.0 Å². The summed E-state index contributed by atoms with van der Waals surface area (Å²) in [5.74, 6) is 0.754. The van der Waals surface area contributed by atoms with Crippen LogP contribution in [0.3, 0.4) is 0 Å². The first-order valence-corrected chi connectivity index (χ1v) is 9.19. The maximum Gasteiger partial charge on any atom is 0.255 e. The van der Waals surface area contributed by atoms with Crippen molar-refractivity contribution in [2.24, 2.45) is 0 Å². The van der Waals surface area contributed by atoms with Gasteiger partial charge in [0.2, 0.25) is 6.79 Å². The second-order valence-corrected chi connectivity index (χ2v) is 6.85. The van der Waals surface area contributed by atoms with E-state index in [1.165, 1.54) is 5.56 Å². The normalized spacial score (nSPS) is 11.8. The Bertz CT molecular complexity index is 1090. The number of hydrogen-bond donors (Lipinski definition) is 2. The number of hydrogen-bond acceptors (Lipinski definition) is 4. The topological polar surface area (TPSA) is 76.7 Å². The van der Waals surface area contributed by atoms with Crippen molar-refractivity contribution in [3.8, 4) is 11.5 Å².